The standard InChI is InChI=1S/C20H19FN2O2/c1-20(2)13-23(19(24)18(20)25-3)17-11-8-15(12-22-17)5-4-14-6-9-16(21)10-7-14/h6-12,18H,13H2,1-3H3/t18-/m1/s1. The number of ether oxygens (including phenoxy) is 1. The third kappa shape index (κ3) is 3.54. The largest absolute Gasteiger partial charge is 0.371 e. The van der Waals surface area contributed by atoms with Crippen molar-refractivity contribution in [3.05, 3.63) is 59.5 Å². The number of methoxy groups -OCH3 is 1. The van der Waals surface area contributed by atoms with E-state index in [0.29, 0.717) is 12.4 Å². The van der Waals surface area contributed by atoms with Crippen LogP contribution in [0.1, 0.15) is 25.0 Å². The summed E-state index contributed by atoms with van der Waals surface area (Å²) in [4.78, 5) is 18.5. The number of carbonyl (C=O) groups is 1. The first-order valence-corrected chi connectivity index (χ1v) is 7.98. The Morgan fingerprint density at radius 2 is 1.80 bits per heavy atom. The molecule has 2 aromatic rings. The summed E-state index contributed by atoms with van der Waals surface area (Å²) in [7, 11) is 1.55. The highest BCUT2D eigenvalue weighted by molar-refractivity contribution is 5.99. The highest BCUT2D eigenvalue weighted by atomic mass is 19.1. The van der Waals surface area contributed by atoms with Gasteiger partial charge in [-0.3, -0.25) is 9.69 Å². The smallest absolute Gasteiger partial charge is 0.257 e. The van der Waals surface area contributed by atoms with Crippen molar-refractivity contribution in [1.82, 2.24) is 4.98 Å². The van der Waals surface area contributed by atoms with E-state index in [9.17, 15) is 9.18 Å². The average Bonchev–Trinajstić information content (AvgIpc) is 2.83. The summed E-state index contributed by atoms with van der Waals surface area (Å²) >= 11 is 0. The van der Waals surface area contributed by atoms with Crippen molar-refractivity contribution >= 4 is 11.7 Å². The van der Waals surface area contributed by atoms with E-state index in [1.54, 1.807) is 36.4 Å². The summed E-state index contributed by atoms with van der Waals surface area (Å²) in [6.45, 7) is 4.56. The molecule has 0 bridgehead atoms. The maximum absolute atomic E-state index is 12.9. The van der Waals surface area contributed by atoms with E-state index in [-0.39, 0.29) is 17.1 Å². The third-order valence-corrected chi connectivity index (χ3v) is 4.22. The molecule has 1 aromatic carbocycles. The van der Waals surface area contributed by atoms with E-state index in [1.165, 1.54) is 12.1 Å². The Bertz CT molecular complexity index is 833. The molecule has 128 valence electrons. The maximum atomic E-state index is 12.9. The van der Waals surface area contributed by atoms with Gasteiger partial charge in [0.1, 0.15) is 17.7 Å². The summed E-state index contributed by atoms with van der Waals surface area (Å²) in [6, 6.07) is 9.59. The van der Waals surface area contributed by atoms with Crippen LogP contribution in [0.25, 0.3) is 0 Å². The van der Waals surface area contributed by atoms with Crippen LogP contribution in [-0.2, 0) is 9.53 Å². The predicted octanol–water partition coefficient (Wildman–Crippen LogP) is 3.01. The van der Waals surface area contributed by atoms with Gasteiger partial charge in [-0.1, -0.05) is 25.7 Å². The van der Waals surface area contributed by atoms with Crippen LogP contribution in [0.4, 0.5) is 10.2 Å². The summed E-state index contributed by atoms with van der Waals surface area (Å²) in [6.07, 6.45) is 1.17. The highest BCUT2D eigenvalue weighted by Gasteiger charge is 2.47. The van der Waals surface area contributed by atoms with E-state index in [0.717, 1.165) is 11.1 Å². The van der Waals surface area contributed by atoms with Crippen molar-refractivity contribution in [3.8, 4) is 11.8 Å². The topological polar surface area (TPSA) is 42.4 Å². The Morgan fingerprint density at radius 3 is 2.36 bits per heavy atom. The second-order valence-corrected chi connectivity index (χ2v) is 6.69. The molecular formula is C20H19FN2O2. The van der Waals surface area contributed by atoms with E-state index >= 15 is 0 Å². The summed E-state index contributed by atoms with van der Waals surface area (Å²) in [5.41, 5.74) is 1.18. The number of anilines is 1. The van der Waals surface area contributed by atoms with Gasteiger partial charge in [-0.25, -0.2) is 9.37 Å². The molecule has 4 nitrogen and oxygen atoms in total. The zero-order chi connectivity index (χ0) is 18.0. The zero-order valence-electron chi connectivity index (χ0n) is 14.4. The molecule has 1 atom stereocenters. The molecule has 0 unspecified atom stereocenters. The first-order chi connectivity index (χ1) is 11.9. The Balaban J connectivity index is 1.77. The Morgan fingerprint density at radius 1 is 1.16 bits per heavy atom. The van der Waals surface area contributed by atoms with Crippen LogP contribution in [0.15, 0.2) is 42.6 Å². The van der Waals surface area contributed by atoms with E-state index in [1.807, 2.05) is 19.9 Å². The van der Waals surface area contributed by atoms with Crippen molar-refractivity contribution in [2.24, 2.45) is 5.41 Å². The number of benzene rings is 1. The SMILES string of the molecule is CO[C@@H]1C(=O)N(c2ccc(C#Cc3ccc(F)cc3)cn2)CC1(C)C. The number of hydrogen-bond acceptors (Lipinski definition) is 3. The average molecular weight is 338 g/mol. The molecule has 1 aliphatic rings. The van der Waals surface area contributed by atoms with Gasteiger partial charge < -0.3 is 4.74 Å². The second kappa shape index (κ2) is 6.66. The van der Waals surface area contributed by atoms with Gasteiger partial charge in [0, 0.05) is 36.4 Å². The monoisotopic (exact) mass is 338 g/mol. The number of aromatic nitrogens is 1. The molecule has 0 spiro atoms. The molecule has 25 heavy (non-hydrogen) atoms. The lowest BCUT2D eigenvalue weighted by atomic mass is 9.90. The number of nitrogens with zero attached hydrogens (tertiary/aromatic N) is 2. The molecule has 1 fully saturated rings. The van der Waals surface area contributed by atoms with Crippen LogP contribution < -0.4 is 4.90 Å². The molecule has 1 saturated heterocycles. The summed E-state index contributed by atoms with van der Waals surface area (Å²) < 4.78 is 18.2. The van der Waals surface area contributed by atoms with Gasteiger partial charge in [0.15, 0.2) is 0 Å². The van der Waals surface area contributed by atoms with Gasteiger partial charge in [0.2, 0.25) is 0 Å². The third-order valence-electron chi connectivity index (χ3n) is 4.22. The van der Waals surface area contributed by atoms with Gasteiger partial charge in [-0.05, 0) is 36.4 Å². The highest BCUT2D eigenvalue weighted by Crippen LogP contribution is 2.34. The first-order valence-electron chi connectivity index (χ1n) is 7.98. The van der Waals surface area contributed by atoms with Crippen LogP contribution >= 0.6 is 0 Å². The Kier molecular flexibility index (Phi) is 4.56. The molecule has 1 aliphatic heterocycles. The fourth-order valence-electron chi connectivity index (χ4n) is 2.96. The van der Waals surface area contributed by atoms with Gasteiger partial charge in [-0.2, -0.15) is 0 Å². The number of pyridine rings is 1. The van der Waals surface area contributed by atoms with E-state index < -0.39 is 6.10 Å². The van der Waals surface area contributed by atoms with Gasteiger partial charge in [-0.15, -0.1) is 0 Å². The molecule has 1 aromatic heterocycles. The Labute approximate surface area is 146 Å². The lowest BCUT2D eigenvalue weighted by Crippen LogP contribution is -2.33. The summed E-state index contributed by atoms with van der Waals surface area (Å²) in [5.74, 6) is 6.16. The molecule has 0 radical (unpaired) electrons. The first kappa shape index (κ1) is 17.1. The number of hydrogen-bond donors (Lipinski definition) is 0. The number of halogens is 1. The van der Waals surface area contributed by atoms with Crippen molar-refractivity contribution in [2.45, 2.75) is 20.0 Å². The van der Waals surface area contributed by atoms with E-state index in [2.05, 4.69) is 16.8 Å². The predicted molar refractivity (Wildman–Crippen MR) is 93.5 cm³/mol. The molecular weight excluding hydrogens is 319 g/mol. The summed E-state index contributed by atoms with van der Waals surface area (Å²) in [5, 5.41) is 0. The molecule has 0 saturated carbocycles. The van der Waals surface area contributed by atoms with Gasteiger partial charge >= 0.3 is 0 Å². The molecule has 0 N–H and O–H groups in total. The fourth-order valence-corrected chi connectivity index (χ4v) is 2.96. The fraction of sp³-hybridized carbons (Fsp3) is 0.300. The van der Waals surface area contributed by atoms with Crippen LogP contribution in [0.3, 0.4) is 0 Å². The molecule has 0 aliphatic carbocycles. The number of amides is 1. The lowest BCUT2D eigenvalue weighted by Gasteiger charge is -2.21. The lowest BCUT2D eigenvalue weighted by molar-refractivity contribution is -0.128. The minimum atomic E-state index is -0.466. The van der Waals surface area contributed by atoms with Crippen LogP contribution in [0.2, 0.25) is 0 Å². The van der Waals surface area contributed by atoms with Gasteiger partial charge in [0.25, 0.3) is 5.91 Å². The van der Waals surface area contributed by atoms with Crippen molar-refractivity contribution < 1.29 is 13.9 Å². The maximum Gasteiger partial charge on any atom is 0.257 e. The zero-order valence-corrected chi connectivity index (χ0v) is 14.4. The number of carbonyl (C=O) groups excluding carboxylic acids is 1. The van der Waals surface area contributed by atoms with E-state index in [4.69, 9.17) is 4.74 Å². The minimum absolute atomic E-state index is 0.0786. The normalized spacial score (nSPS) is 18.8. The van der Waals surface area contributed by atoms with Crippen LogP contribution in [-0.4, -0.2) is 30.6 Å². The molecule has 5 heteroatoms. The van der Waals surface area contributed by atoms with Crippen molar-refractivity contribution in [3.63, 3.8) is 0 Å². The molecule has 3 rings (SSSR count). The minimum Gasteiger partial charge on any atom is -0.371 e. The van der Waals surface area contributed by atoms with Crippen molar-refractivity contribution in [1.29, 1.82) is 0 Å². The quantitative estimate of drug-likeness (QED) is 0.791. The van der Waals surface area contributed by atoms with Crippen LogP contribution in [0.5, 0.6) is 0 Å². The molecule has 1 amide bonds. The van der Waals surface area contributed by atoms with Crippen LogP contribution in [0, 0.1) is 23.1 Å². The van der Waals surface area contributed by atoms with Crippen molar-refractivity contribution in [2.75, 3.05) is 18.6 Å². The Hall–Kier alpha value is -2.71. The number of rotatable bonds is 2. The van der Waals surface area contributed by atoms with Gasteiger partial charge in [0.05, 0.1) is 0 Å². The second-order valence-electron chi connectivity index (χ2n) is 6.69. The molecule has 2 heterocycles.